The molecule has 1 fully saturated rings. The van der Waals surface area contributed by atoms with Crippen molar-refractivity contribution in [2.75, 3.05) is 32.8 Å². The van der Waals surface area contributed by atoms with E-state index in [1.165, 1.54) is 11.0 Å². The number of carbonyl (C=O) groups excluding carboxylic acids is 3. The lowest BCUT2D eigenvalue weighted by Crippen LogP contribution is -2.47. The molecule has 2 atom stereocenters. The van der Waals surface area contributed by atoms with E-state index in [9.17, 15) is 18.8 Å². The summed E-state index contributed by atoms with van der Waals surface area (Å²) in [6.07, 6.45) is 4.83. The van der Waals surface area contributed by atoms with E-state index >= 15 is 0 Å². The van der Waals surface area contributed by atoms with Gasteiger partial charge in [-0.3, -0.25) is 14.4 Å². The van der Waals surface area contributed by atoms with Crippen LogP contribution in [0.25, 0.3) is 5.65 Å². The standard InChI is InChI=1S/C33H34FN5O4/c1-21-11-13-37-19-28(35-29(37)15-21)32(41)39-17-25-23-8-6-9-24(16-23)43-14-4-3-12-38(20-30(40)36-27(25)18-39)33(42)31-22(2)7-5-10-26(31)34/h5-11,13,15-16,19,25,27H,3-4,12,14,17-18,20H2,1-2H3,(H,36,40)/t25-,27+/m1/s1. The topological polar surface area (TPSA) is 96.2 Å². The Kier molecular flexibility index (Phi) is 7.84. The van der Waals surface area contributed by atoms with Gasteiger partial charge >= 0.3 is 0 Å². The lowest BCUT2D eigenvalue weighted by Gasteiger charge is -2.26. The minimum absolute atomic E-state index is 0.0270. The van der Waals surface area contributed by atoms with E-state index in [1.54, 1.807) is 30.2 Å². The molecule has 2 aromatic heterocycles. The Bertz CT molecular complexity index is 1680. The summed E-state index contributed by atoms with van der Waals surface area (Å²) in [7, 11) is 0. The van der Waals surface area contributed by atoms with Gasteiger partial charge in [0.15, 0.2) is 0 Å². The molecule has 2 bridgehead atoms. The Labute approximate surface area is 249 Å². The van der Waals surface area contributed by atoms with Crippen molar-refractivity contribution in [3.8, 4) is 5.75 Å². The number of hydrogen-bond acceptors (Lipinski definition) is 5. The summed E-state index contributed by atoms with van der Waals surface area (Å²) in [5, 5.41) is 3.09. The highest BCUT2D eigenvalue weighted by molar-refractivity contribution is 5.98. The van der Waals surface area contributed by atoms with Crippen molar-refractivity contribution in [2.45, 2.75) is 38.6 Å². The first-order valence-electron chi connectivity index (χ1n) is 14.6. The zero-order valence-corrected chi connectivity index (χ0v) is 24.3. The maximum Gasteiger partial charge on any atom is 0.274 e. The molecule has 10 heteroatoms. The molecule has 6 rings (SSSR count). The zero-order valence-electron chi connectivity index (χ0n) is 24.3. The first-order valence-corrected chi connectivity index (χ1v) is 14.6. The van der Waals surface area contributed by atoms with Crippen LogP contribution in [0, 0.1) is 19.7 Å². The second-order valence-corrected chi connectivity index (χ2v) is 11.4. The number of aryl methyl sites for hydroxylation is 2. The van der Waals surface area contributed by atoms with E-state index in [2.05, 4.69) is 10.3 Å². The van der Waals surface area contributed by atoms with Crippen LogP contribution >= 0.6 is 0 Å². The fourth-order valence-electron chi connectivity index (χ4n) is 5.97. The molecular formula is C33H34FN5O4. The summed E-state index contributed by atoms with van der Waals surface area (Å²) in [6.45, 7) is 4.78. The molecule has 1 N–H and O–H groups in total. The molecule has 0 unspecified atom stereocenters. The van der Waals surface area contributed by atoms with Gasteiger partial charge in [-0.1, -0.05) is 24.3 Å². The van der Waals surface area contributed by atoms with Crippen LogP contribution in [0.3, 0.4) is 0 Å². The summed E-state index contributed by atoms with van der Waals surface area (Å²) < 4.78 is 22.6. The number of nitrogens with zero attached hydrogens (tertiary/aromatic N) is 4. The summed E-state index contributed by atoms with van der Waals surface area (Å²) in [5.41, 5.74) is 3.49. The maximum absolute atomic E-state index is 14.7. The van der Waals surface area contributed by atoms with Crippen LogP contribution in [0.5, 0.6) is 5.75 Å². The van der Waals surface area contributed by atoms with Crippen molar-refractivity contribution >= 4 is 23.4 Å². The molecule has 222 valence electrons. The molecule has 1 saturated heterocycles. The number of benzene rings is 2. The van der Waals surface area contributed by atoms with Crippen molar-refractivity contribution in [2.24, 2.45) is 0 Å². The number of fused-ring (bicyclic) bond motifs is 5. The molecule has 0 aliphatic carbocycles. The minimum atomic E-state index is -0.612. The van der Waals surface area contributed by atoms with Gasteiger partial charge in [0.1, 0.15) is 22.9 Å². The van der Waals surface area contributed by atoms with Gasteiger partial charge in [0.2, 0.25) is 5.91 Å². The monoisotopic (exact) mass is 583 g/mol. The summed E-state index contributed by atoms with van der Waals surface area (Å²) in [5.74, 6) is -1.23. The van der Waals surface area contributed by atoms with Gasteiger partial charge in [-0.15, -0.1) is 0 Å². The third-order valence-corrected chi connectivity index (χ3v) is 8.22. The molecule has 2 aromatic carbocycles. The Hall–Kier alpha value is -4.73. The fourth-order valence-corrected chi connectivity index (χ4v) is 5.97. The number of hydrogen-bond donors (Lipinski definition) is 1. The summed E-state index contributed by atoms with van der Waals surface area (Å²) in [6, 6.07) is 15.7. The van der Waals surface area contributed by atoms with Gasteiger partial charge in [0, 0.05) is 37.9 Å². The third-order valence-electron chi connectivity index (χ3n) is 8.22. The van der Waals surface area contributed by atoms with E-state index in [0.29, 0.717) is 48.6 Å². The first kappa shape index (κ1) is 28.4. The minimum Gasteiger partial charge on any atom is -0.494 e. The largest absolute Gasteiger partial charge is 0.494 e. The molecule has 0 spiro atoms. The average Bonchev–Trinajstić information content (AvgIpc) is 3.59. The highest BCUT2D eigenvalue weighted by atomic mass is 19.1. The van der Waals surface area contributed by atoms with Crippen LogP contribution in [0.4, 0.5) is 4.39 Å². The van der Waals surface area contributed by atoms with Crippen molar-refractivity contribution < 1.29 is 23.5 Å². The SMILES string of the molecule is Cc1ccn2cc(C(=O)N3C[C@@H]4NC(=O)CN(C(=O)c5c(C)cccc5F)CCCCOc5cccc(c5)[C@H]4C3)nc2c1. The normalized spacial score (nSPS) is 19.4. The first-order chi connectivity index (χ1) is 20.8. The second-order valence-electron chi connectivity index (χ2n) is 11.4. The zero-order chi connectivity index (χ0) is 30.1. The molecule has 2 aliphatic heterocycles. The molecule has 2 aliphatic rings. The van der Waals surface area contributed by atoms with Gasteiger partial charge in [-0.2, -0.15) is 0 Å². The number of rotatable bonds is 2. The van der Waals surface area contributed by atoms with Crippen molar-refractivity contribution in [1.29, 1.82) is 0 Å². The Morgan fingerprint density at radius 2 is 1.84 bits per heavy atom. The Morgan fingerprint density at radius 3 is 2.67 bits per heavy atom. The number of imidazole rings is 1. The van der Waals surface area contributed by atoms with Crippen LogP contribution in [-0.4, -0.2) is 75.7 Å². The molecular weight excluding hydrogens is 549 g/mol. The molecule has 0 radical (unpaired) electrons. The number of likely N-dealkylation sites (tertiary alicyclic amines) is 1. The average molecular weight is 584 g/mol. The summed E-state index contributed by atoms with van der Waals surface area (Å²) in [4.78, 5) is 48.3. The van der Waals surface area contributed by atoms with Crippen LogP contribution < -0.4 is 10.1 Å². The van der Waals surface area contributed by atoms with Gasteiger partial charge in [0.25, 0.3) is 11.8 Å². The van der Waals surface area contributed by atoms with E-state index < -0.39 is 17.8 Å². The van der Waals surface area contributed by atoms with Crippen molar-refractivity contribution in [3.05, 3.63) is 101 Å². The van der Waals surface area contributed by atoms with Gasteiger partial charge in [-0.25, -0.2) is 9.37 Å². The van der Waals surface area contributed by atoms with Crippen LogP contribution in [-0.2, 0) is 4.79 Å². The predicted molar refractivity (Wildman–Crippen MR) is 159 cm³/mol. The lowest BCUT2D eigenvalue weighted by molar-refractivity contribution is -0.122. The summed E-state index contributed by atoms with van der Waals surface area (Å²) >= 11 is 0. The van der Waals surface area contributed by atoms with E-state index in [4.69, 9.17) is 4.74 Å². The number of carbonyl (C=O) groups is 3. The molecule has 0 saturated carbocycles. The van der Waals surface area contributed by atoms with Crippen molar-refractivity contribution in [3.63, 3.8) is 0 Å². The quantitative estimate of drug-likeness (QED) is 0.383. The van der Waals surface area contributed by atoms with E-state index in [-0.39, 0.29) is 42.9 Å². The lowest BCUT2D eigenvalue weighted by atomic mass is 9.94. The van der Waals surface area contributed by atoms with E-state index in [1.807, 2.05) is 53.9 Å². The predicted octanol–water partition coefficient (Wildman–Crippen LogP) is 4.13. The van der Waals surface area contributed by atoms with Gasteiger partial charge in [-0.05, 0) is 73.7 Å². The fraction of sp³-hybridized carbons (Fsp3) is 0.333. The number of halogens is 1. The molecule has 3 amide bonds. The van der Waals surface area contributed by atoms with Crippen LogP contribution in [0.2, 0.25) is 0 Å². The molecule has 9 nitrogen and oxygen atoms in total. The molecule has 4 heterocycles. The number of nitrogens with one attached hydrogen (secondary N) is 1. The number of ether oxygens (including phenoxy) is 1. The number of amides is 3. The number of aromatic nitrogens is 2. The second kappa shape index (κ2) is 11.9. The van der Waals surface area contributed by atoms with Gasteiger partial charge < -0.3 is 24.3 Å². The molecule has 43 heavy (non-hydrogen) atoms. The Balaban J connectivity index is 1.27. The Morgan fingerprint density at radius 1 is 1.00 bits per heavy atom. The highest BCUT2D eigenvalue weighted by Crippen LogP contribution is 2.31. The van der Waals surface area contributed by atoms with Crippen LogP contribution in [0.1, 0.15) is 56.3 Å². The maximum atomic E-state index is 14.7. The third kappa shape index (κ3) is 5.95. The number of pyridine rings is 1. The van der Waals surface area contributed by atoms with Crippen LogP contribution in [0.15, 0.2) is 67.0 Å². The highest BCUT2D eigenvalue weighted by Gasteiger charge is 2.38. The smallest absolute Gasteiger partial charge is 0.274 e. The van der Waals surface area contributed by atoms with E-state index in [0.717, 1.165) is 11.1 Å². The van der Waals surface area contributed by atoms with Crippen molar-refractivity contribution in [1.82, 2.24) is 24.5 Å². The molecule has 4 aromatic rings. The van der Waals surface area contributed by atoms with Gasteiger partial charge in [0.05, 0.1) is 24.8 Å².